The van der Waals surface area contributed by atoms with Crippen LogP contribution in [0.3, 0.4) is 0 Å². The van der Waals surface area contributed by atoms with Crippen LogP contribution in [0, 0.1) is 0 Å². The Balaban J connectivity index is 1.88. The molecule has 0 bridgehead atoms. The lowest BCUT2D eigenvalue weighted by atomic mass is 9.98. The molecule has 128 valence electrons. The van der Waals surface area contributed by atoms with Crippen molar-refractivity contribution in [1.82, 2.24) is 0 Å². The van der Waals surface area contributed by atoms with Crippen LogP contribution in [0.1, 0.15) is 28.9 Å². The molecule has 1 heterocycles. The molecule has 3 atom stereocenters. The number of esters is 2. The quantitative estimate of drug-likeness (QED) is 0.799. The van der Waals surface area contributed by atoms with Crippen molar-refractivity contribution in [2.45, 2.75) is 25.2 Å². The minimum absolute atomic E-state index is 0.422. The average Bonchev–Trinajstić information content (AvgIpc) is 2.64. The van der Waals surface area contributed by atoms with Gasteiger partial charge in [0.05, 0.1) is 11.8 Å². The fourth-order valence-electron chi connectivity index (χ4n) is 2.67. The number of benzene rings is 2. The van der Waals surface area contributed by atoms with Crippen molar-refractivity contribution in [3.63, 3.8) is 0 Å². The second-order valence-electron chi connectivity index (χ2n) is 5.61. The fourth-order valence-corrected chi connectivity index (χ4v) is 2.67. The minimum Gasteiger partial charge on any atom is -0.489 e. The molecular formula is C20H18O5. The van der Waals surface area contributed by atoms with E-state index in [0.29, 0.717) is 5.56 Å². The van der Waals surface area contributed by atoms with Crippen LogP contribution in [0.15, 0.2) is 73.0 Å². The number of carbonyl (C=O) groups excluding carboxylic acids is 2. The number of carbonyl (C=O) groups is 2. The van der Waals surface area contributed by atoms with E-state index in [1.165, 1.54) is 13.2 Å². The first-order chi connectivity index (χ1) is 12.1. The van der Waals surface area contributed by atoms with Crippen LogP contribution < -0.4 is 0 Å². The van der Waals surface area contributed by atoms with Gasteiger partial charge in [0.25, 0.3) is 0 Å². The fraction of sp³-hybridized carbons (Fsp3) is 0.200. The molecule has 0 aromatic heterocycles. The van der Waals surface area contributed by atoms with Crippen LogP contribution in [0.25, 0.3) is 0 Å². The first-order valence-electron chi connectivity index (χ1n) is 7.95. The average molecular weight is 338 g/mol. The molecule has 0 radical (unpaired) electrons. The summed E-state index contributed by atoms with van der Waals surface area (Å²) in [5, 5.41) is 0. The number of ether oxygens (including phenoxy) is 3. The molecule has 0 unspecified atom stereocenters. The first-order valence-corrected chi connectivity index (χ1v) is 7.95. The van der Waals surface area contributed by atoms with Gasteiger partial charge in [0.1, 0.15) is 0 Å². The predicted molar refractivity (Wildman–Crippen MR) is 90.6 cm³/mol. The highest BCUT2D eigenvalue weighted by Crippen LogP contribution is 2.31. The van der Waals surface area contributed by atoms with Crippen LogP contribution in [0.5, 0.6) is 0 Å². The van der Waals surface area contributed by atoms with Gasteiger partial charge in [-0.15, -0.1) is 0 Å². The highest BCUT2D eigenvalue weighted by Gasteiger charge is 2.38. The van der Waals surface area contributed by atoms with Crippen molar-refractivity contribution < 1.29 is 23.8 Å². The number of hydrogen-bond acceptors (Lipinski definition) is 5. The second kappa shape index (κ2) is 7.66. The molecule has 0 fully saturated rings. The Hall–Kier alpha value is -3.08. The third-order valence-corrected chi connectivity index (χ3v) is 3.80. The molecule has 0 aliphatic carbocycles. The Labute approximate surface area is 145 Å². The summed E-state index contributed by atoms with van der Waals surface area (Å²) in [5.74, 6) is -0.952. The Morgan fingerprint density at radius 1 is 0.920 bits per heavy atom. The zero-order chi connectivity index (χ0) is 17.6. The Kier molecular flexibility index (Phi) is 5.14. The summed E-state index contributed by atoms with van der Waals surface area (Å²) in [4.78, 5) is 23.9. The Morgan fingerprint density at radius 3 is 2.20 bits per heavy atom. The lowest BCUT2D eigenvalue weighted by Gasteiger charge is -2.33. The summed E-state index contributed by atoms with van der Waals surface area (Å²) in [7, 11) is 0. The van der Waals surface area contributed by atoms with Gasteiger partial charge < -0.3 is 14.2 Å². The smallest absolute Gasteiger partial charge is 0.338 e. The third-order valence-electron chi connectivity index (χ3n) is 3.80. The maximum Gasteiger partial charge on any atom is 0.338 e. The van der Waals surface area contributed by atoms with E-state index in [0.717, 1.165) is 5.56 Å². The summed E-state index contributed by atoms with van der Waals surface area (Å²) in [5.41, 5.74) is 1.25. The van der Waals surface area contributed by atoms with E-state index in [1.807, 2.05) is 36.4 Å². The van der Waals surface area contributed by atoms with Crippen molar-refractivity contribution in [1.29, 1.82) is 0 Å². The zero-order valence-electron chi connectivity index (χ0n) is 13.7. The van der Waals surface area contributed by atoms with Gasteiger partial charge in [-0.3, -0.25) is 4.79 Å². The van der Waals surface area contributed by atoms with Crippen molar-refractivity contribution in [2.75, 3.05) is 0 Å². The van der Waals surface area contributed by atoms with E-state index in [1.54, 1.807) is 30.3 Å². The topological polar surface area (TPSA) is 61.8 Å². The molecule has 1 aliphatic heterocycles. The lowest BCUT2D eigenvalue weighted by Crippen LogP contribution is -2.41. The van der Waals surface area contributed by atoms with Crippen LogP contribution in [0.2, 0.25) is 0 Å². The van der Waals surface area contributed by atoms with E-state index < -0.39 is 30.3 Å². The SMILES string of the molecule is CC(=O)O[C@@H]1C=CO[C@@H](c2ccccc2)[C@H]1OC(=O)c1ccccc1. The molecule has 0 spiro atoms. The van der Waals surface area contributed by atoms with Gasteiger partial charge in [-0.25, -0.2) is 4.79 Å². The maximum atomic E-state index is 12.5. The van der Waals surface area contributed by atoms with E-state index in [9.17, 15) is 9.59 Å². The summed E-state index contributed by atoms with van der Waals surface area (Å²) >= 11 is 0. The third kappa shape index (κ3) is 4.07. The van der Waals surface area contributed by atoms with Gasteiger partial charge in [-0.2, -0.15) is 0 Å². The number of rotatable bonds is 4. The maximum absolute atomic E-state index is 12.5. The van der Waals surface area contributed by atoms with Gasteiger partial charge in [-0.1, -0.05) is 48.5 Å². The first kappa shape index (κ1) is 16.8. The molecular weight excluding hydrogens is 320 g/mol. The molecule has 5 nitrogen and oxygen atoms in total. The Morgan fingerprint density at radius 2 is 1.56 bits per heavy atom. The second-order valence-corrected chi connectivity index (χ2v) is 5.61. The molecule has 2 aromatic rings. The highest BCUT2D eigenvalue weighted by molar-refractivity contribution is 5.89. The van der Waals surface area contributed by atoms with Gasteiger partial charge in [0.15, 0.2) is 18.3 Å². The van der Waals surface area contributed by atoms with E-state index in [-0.39, 0.29) is 0 Å². The van der Waals surface area contributed by atoms with Gasteiger partial charge >= 0.3 is 11.9 Å². The van der Waals surface area contributed by atoms with E-state index in [4.69, 9.17) is 14.2 Å². The predicted octanol–water partition coefficient (Wildman–Crippen LogP) is 3.43. The van der Waals surface area contributed by atoms with E-state index >= 15 is 0 Å². The molecule has 25 heavy (non-hydrogen) atoms. The standard InChI is InChI=1S/C20H18O5/c1-14(21)24-17-12-13-23-18(15-8-4-2-5-9-15)19(17)25-20(22)16-10-6-3-7-11-16/h2-13,17-19H,1H3/t17-,18+,19+/m1/s1. The molecule has 0 saturated heterocycles. The molecule has 5 heteroatoms. The van der Waals surface area contributed by atoms with Crippen LogP contribution in [-0.4, -0.2) is 24.1 Å². The summed E-state index contributed by atoms with van der Waals surface area (Å²) in [6, 6.07) is 18.0. The molecule has 0 amide bonds. The molecule has 1 aliphatic rings. The van der Waals surface area contributed by atoms with Crippen LogP contribution in [0.4, 0.5) is 0 Å². The normalized spacial score (nSPS) is 21.9. The van der Waals surface area contributed by atoms with Gasteiger partial charge in [0.2, 0.25) is 0 Å². The minimum atomic E-state index is -0.788. The summed E-state index contributed by atoms with van der Waals surface area (Å²) in [6.45, 7) is 1.32. The van der Waals surface area contributed by atoms with E-state index in [2.05, 4.69) is 0 Å². The lowest BCUT2D eigenvalue weighted by molar-refractivity contribution is -0.156. The van der Waals surface area contributed by atoms with Gasteiger partial charge in [-0.05, 0) is 23.8 Å². The van der Waals surface area contributed by atoms with Crippen molar-refractivity contribution in [3.8, 4) is 0 Å². The van der Waals surface area contributed by atoms with Gasteiger partial charge in [0, 0.05) is 6.92 Å². The zero-order valence-corrected chi connectivity index (χ0v) is 13.7. The Bertz CT molecular complexity index is 754. The molecule has 3 rings (SSSR count). The molecule has 0 N–H and O–H groups in total. The summed E-state index contributed by atoms with van der Waals surface area (Å²) in [6.07, 6.45) is 0.971. The van der Waals surface area contributed by atoms with Crippen molar-refractivity contribution >= 4 is 11.9 Å². The molecule has 2 aromatic carbocycles. The van der Waals surface area contributed by atoms with Crippen LogP contribution in [-0.2, 0) is 19.0 Å². The van der Waals surface area contributed by atoms with Crippen molar-refractivity contribution in [3.05, 3.63) is 84.1 Å². The molecule has 0 saturated carbocycles. The van der Waals surface area contributed by atoms with Crippen molar-refractivity contribution in [2.24, 2.45) is 0 Å². The largest absolute Gasteiger partial charge is 0.489 e. The van der Waals surface area contributed by atoms with Crippen LogP contribution >= 0.6 is 0 Å². The summed E-state index contributed by atoms with van der Waals surface area (Å²) < 4.78 is 16.7. The monoisotopic (exact) mass is 338 g/mol. The number of hydrogen-bond donors (Lipinski definition) is 0. The highest BCUT2D eigenvalue weighted by atomic mass is 16.6.